The number of hydrogen-bond donors (Lipinski definition) is 0. The van der Waals surface area contributed by atoms with Crippen LogP contribution >= 0.6 is 0 Å². The zero-order valence-corrected chi connectivity index (χ0v) is 11.0. The summed E-state index contributed by atoms with van der Waals surface area (Å²) >= 11 is 0. The average Bonchev–Trinajstić information content (AvgIpc) is 2.32. The second-order valence-electron chi connectivity index (χ2n) is 4.49. The molecule has 0 aromatic heterocycles. The number of unbranched alkanes of at least 4 members (excludes halogenated alkanes) is 2. The van der Waals surface area contributed by atoms with E-state index >= 15 is 0 Å². The van der Waals surface area contributed by atoms with Crippen LogP contribution in [-0.4, -0.2) is 0 Å². The molecule has 0 nitrogen and oxygen atoms in total. The Morgan fingerprint density at radius 3 is 2.65 bits per heavy atom. The minimum absolute atomic E-state index is 0.0286. The third-order valence-electron chi connectivity index (χ3n) is 3.00. The molecule has 0 aliphatic carbocycles. The van der Waals surface area contributed by atoms with Crippen molar-refractivity contribution >= 4 is 0 Å². The molecule has 94 valence electrons. The van der Waals surface area contributed by atoms with Crippen LogP contribution in [-0.2, 0) is 12.8 Å². The summed E-state index contributed by atoms with van der Waals surface area (Å²) in [5.41, 5.74) is 1.97. The van der Waals surface area contributed by atoms with Crippen molar-refractivity contribution in [1.82, 2.24) is 0 Å². The lowest BCUT2D eigenvalue weighted by Crippen LogP contribution is -1.93. The Balaban J connectivity index is 2.53. The maximum Gasteiger partial charge on any atom is 0.126 e. The average molecular weight is 234 g/mol. The Morgan fingerprint density at radius 2 is 2.00 bits per heavy atom. The quantitative estimate of drug-likeness (QED) is 0.456. The van der Waals surface area contributed by atoms with Crippen LogP contribution in [0, 0.1) is 5.82 Å². The van der Waals surface area contributed by atoms with Crippen LogP contribution < -0.4 is 0 Å². The highest BCUT2D eigenvalue weighted by Crippen LogP contribution is 2.15. The summed E-state index contributed by atoms with van der Waals surface area (Å²) in [6.07, 6.45) is 10.4. The summed E-state index contributed by atoms with van der Waals surface area (Å²) in [4.78, 5) is 0. The zero-order chi connectivity index (χ0) is 12.5. The molecule has 0 aliphatic rings. The number of rotatable bonds is 7. The van der Waals surface area contributed by atoms with Crippen molar-refractivity contribution in [2.24, 2.45) is 0 Å². The summed E-state index contributed by atoms with van der Waals surface area (Å²) in [7, 11) is 0. The number of benzene rings is 1. The van der Waals surface area contributed by atoms with Crippen molar-refractivity contribution in [2.75, 3.05) is 0 Å². The molecule has 1 aromatic rings. The van der Waals surface area contributed by atoms with Crippen molar-refractivity contribution in [2.45, 2.75) is 52.4 Å². The summed E-state index contributed by atoms with van der Waals surface area (Å²) in [5, 5.41) is 0. The highest BCUT2D eigenvalue weighted by Gasteiger charge is 2.03. The van der Waals surface area contributed by atoms with E-state index in [1.807, 2.05) is 19.1 Å². The molecule has 0 fully saturated rings. The van der Waals surface area contributed by atoms with Crippen molar-refractivity contribution in [3.8, 4) is 0 Å². The lowest BCUT2D eigenvalue weighted by molar-refractivity contribution is 0.596. The second kappa shape index (κ2) is 8.05. The molecule has 0 saturated carbocycles. The fourth-order valence-corrected chi connectivity index (χ4v) is 1.93. The Morgan fingerprint density at radius 1 is 1.18 bits per heavy atom. The molecule has 1 heteroatoms. The van der Waals surface area contributed by atoms with Gasteiger partial charge in [-0.25, -0.2) is 4.39 Å². The SMILES string of the molecule is C/C=C/CCc1ccc(CCCCC)c(F)c1. The van der Waals surface area contributed by atoms with E-state index in [9.17, 15) is 4.39 Å². The fraction of sp³-hybridized carbons (Fsp3) is 0.500. The predicted molar refractivity (Wildman–Crippen MR) is 72.8 cm³/mol. The predicted octanol–water partition coefficient (Wildman–Crippen LogP) is 5.07. The van der Waals surface area contributed by atoms with Gasteiger partial charge in [0.2, 0.25) is 0 Å². The van der Waals surface area contributed by atoms with Crippen LogP contribution in [0.2, 0.25) is 0 Å². The molecule has 0 unspecified atom stereocenters. The van der Waals surface area contributed by atoms with Crippen molar-refractivity contribution < 1.29 is 4.39 Å². The van der Waals surface area contributed by atoms with Crippen LogP contribution in [0.4, 0.5) is 4.39 Å². The number of halogens is 1. The van der Waals surface area contributed by atoms with Crippen LogP contribution in [0.3, 0.4) is 0 Å². The van der Waals surface area contributed by atoms with Gasteiger partial charge in [-0.15, -0.1) is 0 Å². The van der Waals surface area contributed by atoms with Gasteiger partial charge in [0.05, 0.1) is 0 Å². The Labute approximate surface area is 105 Å². The Bertz CT molecular complexity index is 353. The number of allylic oxidation sites excluding steroid dienone is 2. The van der Waals surface area contributed by atoms with Gasteiger partial charge >= 0.3 is 0 Å². The first-order chi connectivity index (χ1) is 8.27. The molecule has 0 radical (unpaired) electrons. The molecule has 0 atom stereocenters. The van der Waals surface area contributed by atoms with Gasteiger partial charge in [0.25, 0.3) is 0 Å². The summed E-state index contributed by atoms with van der Waals surface area (Å²) in [6, 6.07) is 5.72. The molecule has 0 spiro atoms. The van der Waals surface area contributed by atoms with Gasteiger partial charge in [-0.1, -0.05) is 44.1 Å². The van der Waals surface area contributed by atoms with Crippen molar-refractivity contribution in [1.29, 1.82) is 0 Å². The minimum atomic E-state index is -0.0286. The third kappa shape index (κ3) is 5.16. The van der Waals surface area contributed by atoms with Gasteiger partial charge in [-0.3, -0.25) is 0 Å². The largest absolute Gasteiger partial charge is 0.207 e. The highest BCUT2D eigenvalue weighted by molar-refractivity contribution is 5.25. The van der Waals surface area contributed by atoms with E-state index in [1.165, 1.54) is 12.8 Å². The van der Waals surface area contributed by atoms with E-state index in [2.05, 4.69) is 19.1 Å². The minimum Gasteiger partial charge on any atom is -0.207 e. The molecule has 0 aliphatic heterocycles. The number of aryl methyl sites for hydroxylation is 2. The molecule has 0 N–H and O–H groups in total. The highest BCUT2D eigenvalue weighted by atomic mass is 19.1. The van der Waals surface area contributed by atoms with E-state index in [0.717, 1.165) is 36.8 Å². The Hall–Kier alpha value is -1.11. The van der Waals surface area contributed by atoms with E-state index in [4.69, 9.17) is 0 Å². The second-order valence-corrected chi connectivity index (χ2v) is 4.49. The van der Waals surface area contributed by atoms with Crippen molar-refractivity contribution in [3.05, 3.63) is 47.3 Å². The first-order valence-corrected chi connectivity index (χ1v) is 6.66. The molecule has 0 amide bonds. The van der Waals surface area contributed by atoms with Crippen LogP contribution in [0.1, 0.15) is 50.7 Å². The standard InChI is InChI=1S/C16H23F/c1-3-5-7-9-14-11-12-15(16(17)13-14)10-8-6-4-2/h3,5,11-13H,4,6-10H2,1-2H3/b5-3+. The maximum absolute atomic E-state index is 13.8. The molecule has 1 rings (SSSR count). The van der Waals surface area contributed by atoms with E-state index in [-0.39, 0.29) is 5.82 Å². The van der Waals surface area contributed by atoms with E-state index in [0.29, 0.717) is 0 Å². The van der Waals surface area contributed by atoms with Gasteiger partial charge in [-0.05, 0) is 49.8 Å². The van der Waals surface area contributed by atoms with E-state index in [1.54, 1.807) is 6.07 Å². The van der Waals surface area contributed by atoms with Gasteiger partial charge < -0.3 is 0 Å². The summed E-state index contributed by atoms with van der Waals surface area (Å²) in [5.74, 6) is -0.0286. The van der Waals surface area contributed by atoms with Gasteiger partial charge in [0, 0.05) is 0 Å². The summed E-state index contributed by atoms with van der Waals surface area (Å²) in [6.45, 7) is 4.18. The van der Waals surface area contributed by atoms with Crippen molar-refractivity contribution in [3.63, 3.8) is 0 Å². The molecule has 1 aromatic carbocycles. The topological polar surface area (TPSA) is 0 Å². The van der Waals surface area contributed by atoms with Crippen LogP contribution in [0.15, 0.2) is 30.4 Å². The van der Waals surface area contributed by atoms with E-state index < -0.39 is 0 Å². The fourth-order valence-electron chi connectivity index (χ4n) is 1.93. The lowest BCUT2D eigenvalue weighted by atomic mass is 10.0. The first-order valence-electron chi connectivity index (χ1n) is 6.66. The molecule has 17 heavy (non-hydrogen) atoms. The van der Waals surface area contributed by atoms with Gasteiger partial charge in [0.1, 0.15) is 5.82 Å². The molecular formula is C16H23F. The summed E-state index contributed by atoms with van der Waals surface area (Å²) < 4.78 is 13.8. The normalized spacial score (nSPS) is 11.2. The molecule has 0 bridgehead atoms. The first kappa shape index (κ1) is 14.0. The third-order valence-corrected chi connectivity index (χ3v) is 3.00. The van der Waals surface area contributed by atoms with Crippen LogP contribution in [0.25, 0.3) is 0 Å². The molecular weight excluding hydrogens is 211 g/mol. The maximum atomic E-state index is 13.8. The lowest BCUT2D eigenvalue weighted by Gasteiger charge is -2.05. The molecule has 0 heterocycles. The molecule has 0 saturated heterocycles. The monoisotopic (exact) mass is 234 g/mol. The zero-order valence-electron chi connectivity index (χ0n) is 11.0. The van der Waals surface area contributed by atoms with Gasteiger partial charge in [-0.2, -0.15) is 0 Å². The van der Waals surface area contributed by atoms with Crippen LogP contribution in [0.5, 0.6) is 0 Å². The van der Waals surface area contributed by atoms with Gasteiger partial charge in [0.15, 0.2) is 0 Å². The Kier molecular flexibility index (Phi) is 6.61. The smallest absolute Gasteiger partial charge is 0.126 e. The number of hydrogen-bond acceptors (Lipinski definition) is 0.